The summed E-state index contributed by atoms with van der Waals surface area (Å²) in [6.45, 7) is 1.44. The van der Waals surface area contributed by atoms with Crippen molar-refractivity contribution in [1.29, 1.82) is 5.26 Å². The zero-order valence-electron chi connectivity index (χ0n) is 19.7. The lowest BCUT2D eigenvalue weighted by Gasteiger charge is -2.43. The van der Waals surface area contributed by atoms with E-state index in [2.05, 4.69) is 41.6 Å². The highest BCUT2D eigenvalue weighted by molar-refractivity contribution is 6.36. The van der Waals surface area contributed by atoms with Gasteiger partial charge in [0.05, 0.1) is 41.8 Å². The molecule has 194 valence electrons. The van der Waals surface area contributed by atoms with E-state index >= 15 is 0 Å². The number of piperazine rings is 1. The summed E-state index contributed by atoms with van der Waals surface area (Å²) in [7, 11) is 0. The second kappa shape index (κ2) is 9.77. The molecule has 0 spiro atoms. The Hall–Kier alpha value is -3.47. The number of aromatic nitrogens is 4. The molecule has 4 heterocycles. The first-order valence-corrected chi connectivity index (χ1v) is 12.4. The molecule has 2 aliphatic heterocycles. The van der Waals surface area contributed by atoms with Crippen LogP contribution in [-0.4, -0.2) is 82.6 Å². The van der Waals surface area contributed by atoms with E-state index in [0.29, 0.717) is 47.1 Å². The maximum absolute atomic E-state index is 13.2. The van der Waals surface area contributed by atoms with E-state index in [4.69, 9.17) is 21.1 Å². The van der Waals surface area contributed by atoms with Crippen LogP contribution in [-0.2, 0) is 4.74 Å². The topological polar surface area (TPSA) is 116 Å². The summed E-state index contributed by atoms with van der Waals surface area (Å²) < 4.78 is 37.8. The first kappa shape index (κ1) is 23.9. The van der Waals surface area contributed by atoms with Crippen molar-refractivity contribution in [1.82, 2.24) is 24.5 Å². The molecule has 2 N–H and O–H groups in total. The fourth-order valence-corrected chi connectivity index (χ4v) is 4.75. The van der Waals surface area contributed by atoms with E-state index < -0.39 is 6.61 Å². The minimum atomic E-state index is -3.00. The number of nitriles is 1. The van der Waals surface area contributed by atoms with E-state index in [9.17, 15) is 14.0 Å². The number of rotatable bonds is 8. The molecule has 0 bridgehead atoms. The second-order valence-corrected chi connectivity index (χ2v) is 9.59. The molecule has 0 atom stereocenters. The van der Waals surface area contributed by atoms with Crippen molar-refractivity contribution < 1.29 is 18.3 Å². The van der Waals surface area contributed by atoms with Crippen LogP contribution in [0.15, 0.2) is 18.3 Å². The first-order valence-electron chi connectivity index (χ1n) is 12.0. The van der Waals surface area contributed by atoms with Crippen molar-refractivity contribution in [2.45, 2.75) is 31.5 Å². The molecule has 0 amide bonds. The summed E-state index contributed by atoms with van der Waals surface area (Å²) in [6.07, 6.45) is 3.43. The summed E-state index contributed by atoms with van der Waals surface area (Å²) >= 11 is 6.81. The average molecular weight is 532 g/mol. The van der Waals surface area contributed by atoms with Gasteiger partial charge in [0.2, 0.25) is 11.9 Å². The quantitative estimate of drug-likeness (QED) is 0.449. The SMILES string of the molecule is N#Cc1cnn2c(NC3CC3)nc(Nc3cc(OC(F)F)cc(N4CCN(C5COC5)CC4)c3Cl)nc12. The molecular formula is C23H24ClF2N9O2. The normalized spacial score (nSPS) is 18.6. The third-order valence-corrected chi connectivity index (χ3v) is 7.09. The monoisotopic (exact) mass is 531 g/mol. The average Bonchev–Trinajstić information content (AvgIpc) is 3.56. The molecule has 37 heavy (non-hydrogen) atoms. The third kappa shape index (κ3) is 4.92. The standard InChI is InChI=1S/C23H24ClF2N9O2/c24-19-17(30-22-31-20-13(9-27)10-28-35(20)23(32-22)29-14-1-2-14)7-16(37-21(25)26)8-18(19)34-5-3-33(4-6-34)15-11-36-12-15/h7-8,10,14-15,21H,1-6,11-12H2,(H2,29,30,31,32). The van der Waals surface area contributed by atoms with E-state index in [1.165, 1.54) is 22.8 Å². The smallest absolute Gasteiger partial charge is 0.387 e. The highest BCUT2D eigenvalue weighted by Crippen LogP contribution is 2.39. The van der Waals surface area contributed by atoms with Crippen molar-refractivity contribution in [3.63, 3.8) is 0 Å². The van der Waals surface area contributed by atoms with Crippen LogP contribution in [0.25, 0.3) is 5.65 Å². The number of alkyl halides is 2. The number of hydrogen-bond donors (Lipinski definition) is 2. The van der Waals surface area contributed by atoms with Gasteiger partial charge in [0.15, 0.2) is 5.65 Å². The molecule has 3 fully saturated rings. The number of benzene rings is 1. The summed E-state index contributed by atoms with van der Waals surface area (Å²) in [5.74, 6) is 0.527. The number of ether oxygens (including phenoxy) is 2. The molecule has 2 aromatic heterocycles. The van der Waals surface area contributed by atoms with Gasteiger partial charge in [-0.05, 0) is 12.8 Å². The van der Waals surface area contributed by atoms with Crippen molar-refractivity contribution in [2.24, 2.45) is 0 Å². The van der Waals surface area contributed by atoms with Gasteiger partial charge in [-0.25, -0.2) is 0 Å². The highest BCUT2D eigenvalue weighted by Gasteiger charge is 2.30. The molecule has 1 saturated carbocycles. The molecule has 3 aromatic rings. The van der Waals surface area contributed by atoms with E-state index in [0.717, 1.165) is 39.1 Å². The number of halogens is 3. The van der Waals surface area contributed by atoms with Crippen LogP contribution in [0.1, 0.15) is 18.4 Å². The van der Waals surface area contributed by atoms with Gasteiger partial charge in [-0.1, -0.05) is 11.6 Å². The van der Waals surface area contributed by atoms with Gasteiger partial charge in [0.1, 0.15) is 17.4 Å². The summed E-state index contributed by atoms with van der Waals surface area (Å²) in [4.78, 5) is 13.4. The molecule has 1 aromatic carbocycles. The molecule has 14 heteroatoms. The first-order chi connectivity index (χ1) is 18.0. The van der Waals surface area contributed by atoms with Crippen molar-refractivity contribution in [3.05, 3.63) is 28.9 Å². The Morgan fingerprint density at radius 1 is 1.16 bits per heavy atom. The Morgan fingerprint density at radius 3 is 2.59 bits per heavy atom. The van der Waals surface area contributed by atoms with Crippen LogP contribution >= 0.6 is 11.6 Å². The lowest BCUT2D eigenvalue weighted by molar-refractivity contribution is -0.0660. The van der Waals surface area contributed by atoms with Crippen LogP contribution < -0.4 is 20.3 Å². The molecule has 1 aliphatic carbocycles. The van der Waals surface area contributed by atoms with Crippen molar-refractivity contribution in [3.8, 4) is 11.8 Å². The molecule has 2 saturated heterocycles. The Labute approximate surface area is 215 Å². The van der Waals surface area contributed by atoms with Gasteiger partial charge in [0.25, 0.3) is 0 Å². The summed E-state index contributed by atoms with van der Waals surface area (Å²) in [5.41, 5.74) is 1.48. The Morgan fingerprint density at radius 2 is 1.95 bits per heavy atom. The van der Waals surface area contributed by atoms with Gasteiger partial charge in [0, 0.05) is 44.4 Å². The largest absolute Gasteiger partial charge is 0.435 e. The van der Waals surface area contributed by atoms with Gasteiger partial charge >= 0.3 is 6.61 Å². The van der Waals surface area contributed by atoms with Gasteiger partial charge in [-0.2, -0.15) is 33.6 Å². The number of anilines is 4. The fourth-order valence-electron chi connectivity index (χ4n) is 4.47. The molecule has 0 radical (unpaired) electrons. The Bertz CT molecular complexity index is 1350. The zero-order chi connectivity index (χ0) is 25.5. The number of hydrogen-bond acceptors (Lipinski definition) is 10. The number of nitrogens with one attached hydrogen (secondary N) is 2. The second-order valence-electron chi connectivity index (χ2n) is 9.22. The van der Waals surface area contributed by atoms with Crippen LogP contribution in [0, 0.1) is 11.3 Å². The molecule has 6 rings (SSSR count). The lowest BCUT2D eigenvalue weighted by atomic mass is 10.1. The molecule has 0 unspecified atom stereocenters. The predicted octanol–water partition coefficient (Wildman–Crippen LogP) is 3.09. The van der Waals surface area contributed by atoms with Gasteiger partial charge < -0.3 is 25.0 Å². The van der Waals surface area contributed by atoms with Gasteiger partial charge in [-0.15, -0.1) is 0 Å². The Kier molecular flexibility index (Phi) is 6.31. The summed E-state index contributed by atoms with van der Waals surface area (Å²) in [6, 6.07) is 5.68. The Balaban J connectivity index is 1.32. The van der Waals surface area contributed by atoms with Crippen LogP contribution in [0.5, 0.6) is 5.75 Å². The maximum Gasteiger partial charge on any atom is 0.387 e. The highest BCUT2D eigenvalue weighted by atomic mass is 35.5. The van der Waals surface area contributed by atoms with Crippen LogP contribution in [0.4, 0.5) is 32.1 Å². The minimum Gasteiger partial charge on any atom is -0.435 e. The molecule has 3 aliphatic rings. The van der Waals surface area contributed by atoms with Crippen molar-refractivity contribution >= 4 is 40.5 Å². The van der Waals surface area contributed by atoms with E-state index in [1.54, 1.807) is 0 Å². The minimum absolute atomic E-state index is 0.0359. The zero-order valence-corrected chi connectivity index (χ0v) is 20.5. The fraction of sp³-hybridized carbons (Fsp3) is 0.478. The van der Waals surface area contributed by atoms with Gasteiger partial charge in [-0.3, -0.25) is 4.90 Å². The molecule has 11 nitrogen and oxygen atoms in total. The third-order valence-electron chi connectivity index (χ3n) is 6.69. The van der Waals surface area contributed by atoms with E-state index in [-0.39, 0.29) is 23.3 Å². The van der Waals surface area contributed by atoms with Crippen molar-refractivity contribution in [2.75, 3.05) is 54.9 Å². The molecular weight excluding hydrogens is 508 g/mol. The summed E-state index contributed by atoms with van der Waals surface area (Å²) in [5, 5.41) is 20.4. The maximum atomic E-state index is 13.2. The number of nitrogens with zero attached hydrogens (tertiary/aromatic N) is 7. The predicted molar refractivity (Wildman–Crippen MR) is 132 cm³/mol. The van der Waals surface area contributed by atoms with E-state index in [1.807, 2.05) is 0 Å². The van der Waals surface area contributed by atoms with Crippen LogP contribution in [0.3, 0.4) is 0 Å². The van der Waals surface area contributed by atoms with Crippen LogP contribution in [0.2, 0.25) is 5.02 Å². The number of fused-ring (bicyclic) bond motifs is 1. The lowest BCUT2D eigenvalue weighted by Crippen LogP contribution is -2.56.